The highest BCUT2D eigenvalue weighted by Crippen LogP contribution is 2.12. The quantitative estimate of drug-likeness (QED) is 0.380. The summed E-state index contributed by atoms with van der Waals surface area (Å²) >= 11 is 0. The minimum Gasteiger partial charge on any atom is -0.494 e. The Morgan fingerprint density at radius 1 is 0.650 bits per heavy atom. The van der Waals surface area contributed by atoms with Crippen LogP contribution >= 0.6 is 0 Å². The van der Waals surface area contributed by atoms with Crippen molar-refractivity contribution in [3.05, 3.63) is 30.3 Å². The summed E-state index contributed by atoms with van der Waals surface area (Å²) in [5.74, 6) is 1.000. The standard InChI is InChI=1S/C19H32O/c1-2-3-4-5-6-7-8-9-10-11-15-18-20-19-16-13-12-14-17-19/h12-14,16-17H,2-11,15,18H2,1H3. The second kappa shape index (κ2) is 13.0. The van der Waals surface area contributed by atoms with E-state index in [1.54, 1.807) is 0 Å². The van der Waals surface area contributed by atoms with Crippen molar-refractivity contribution in [1.82, 2.24) is 0 Å². The predicted molar refractivity (Wildman–Crippen MR) is 88.4 cm³/mol. The van der Waals surface area contributed by atoms with Crippen LogP contribution < -0.4 is 4.74 Å². The molecule has 0 aliphatic carbocycles. The zero-order valence-electron chi connectivity index (χ0n) is 13.3. The van der Waals surface area contributed by atoms with Crippen LogP contribution in [0.5, 0.6) is 5.75 Å². The van der Waals surface area contributed by atoms with Gasteiger partial charge in [0.25, 0.3) is 0 Å². The molecule has 0 spiro atoms. The molecule has 0 heterocycles. The van der Waals surface area contributed by atoms with Crippen LogP contribution in [0.1, 0.15) is 77.6 Å². The van der Waals surface area contributed by atoms with Crippen molar-refractivity contribution >= 4 is 0 Å². The Labute approximate surface area is 125 Å². The van der Waals surface area contributed by atoms with Crippen molar-refractivity contribution < 1.29 is 4.74 Å². The molecule has 0 aromatic heterocycles. The summed E-state index contributed by atoms with van der Waals surface area (Å²) in [5.41, 5.74) is 0. The maximum absolute atomic E-state index is 5.69. The van der Waals surface area contributed by atoms with Gasteiger partial charge in [0.2, 0.25) is 0 Å². The lowest BCUT2D eigenvalue weighted by atomic mass is 10.1. The Bertz CT molecular complexity index is 294. The van der Waals surface area contributed by atoms with E-state index in [0.29, 0.717) is 0 Å². The molecule has 0 saturated heterocycles. The number of hydrogen-bond donors (Lipinski definition) is 0. The number of benzene rings is 1. The van der Waals surface area contributed by atoms with E-state index in [1.807, 2.05) is 30.3 Å². The molecule has 1 rings (SSSR count). The van der Waals surface area contributed by atoms with E-state index in [1.165, 1.54) is 70.6 Å². The van der Waals surface area contributed by atoms with E-state index in [-0.39, 0.29) is 0 Å². The fourth-order valence-electron chi connectivity index (χ4n) is 2.47. The van der Waals surface area contributed by atoms with Crippen molar-refractivity contribution in [3.63, 3.8) is 0 Å². The first-order valence-corrected chi connectivity index (χ1v) is 8.61. The van der Waals surface area contributed by atoms with Crippen LogP contribution in [0.2, 0.25) is 0 Å². The Kier molecular flexibility index (Phi) is 11.1. The summed E-state index contributed by atoms with van der Waals surface area (Å²) in [5, 5.41) is 0. The molecule has 1 aromatic carbocycles. The molecule has 1 nitrogen and oxygen atoms in total. The highest BCUT2D eigenvalue weighted by atomic mass is 16.5. The van der Waals surface area contributed by atoms with Crippen LogP contribution in [0.15, 0.2) is 30.3 Å². The second-order valence-electron chi connectivity index (χ2n) is 5.70. The molecular weight excluding hydrogens is 244 g/mol. The summed E-state index contributed by atoms with van der Waals surface area (Å²) in [7, 11) is 0. The monoisotopic (exact) mass is 276 g/mol. The third kappa shape index (κ3) is 9.89. The molecule has 0 unspecified atom stereocenters. The number of para-hydroxylation sites is 1. The van der Waals surface area contributed by atoms with Gasteiger partial charge >= 0.3 is 0 Å². The van der Waals surface area contributed by atoms with Gasteiger partial charge in [-0.05, 0) is 18.6 Å². The van der Waals surface area contributed by atoms with Crippen molar-refractivity contribution in [1.29, 1.82) is 0 Å². The normalized spacial score (nSPS) is 10.7. The third-order valence-corrected chi connectivity index (χ3v) is 3.76. The molecule has 0 amide bonds. The summed E-state index contributed by atoms with van der Waals surface area (Å²) < 4.78 is 5.69. The summed E-state index contributed by atoms with van der Waals surface area (Å²) in [6, 6.07) is 10.1. The molecule has 20 heavy (non-hydrogen) atoms. The molecular formula is C19H32O. The first-order valence-electron chi connectivity index (χ1n) is 8.61. The van der Waals surface area contributed by atoms with Gasteiger partial charge < -0.3 is 4.74 Å². The first-order chi connectivity index (χ1) is 9.93. The van der Waals surface area contributed by atoms with Crippen LogP contribution in [0.3, 0.4) is 0 Å². The Morgan fingerprint density at radius 3 is 1.70 bits per heavy atom. The van der Waals surface area contributed by atoms with Crippen molar-refractivity contribution in [3.8, 4) is 5.75 Å². The second-order valence-corrected chi connectivity index (χ2v) is 5.70. The molecule has 0 saturated carbocycles. The predicted octanol–water partition coefficient (Wildman–Crippen LogP) is 6.38. The maximum atomic E-state index is 5.69. The SMILES string of the molecule is CCCCCCCCCCCCCOc1ccccc1. The van der Waals surface area contributed by atoms with Crippen LogP contribution in [-0.2, 0) is 0 Å². The Hall–Kier alpha value is -0.980. The van der Waals surface area contributed by atoms with Gasteiger partial charge in [-0.1, -0.05) is 89.3 Å². The molecule has 0 N–H and O–H groups in total. The fraction of sp³-hybridized carbons (Fsp3) is 0.684. The van der Waals surface area contributed by atoms with E-state index in [0.717, 1.165) is 12.4 Å². The molecule has 1 aromatic rings. The van der Waals surface area contributed by atoms with E-state index in [2.05, 4.69) is 6.92 Å². The van der Waals surface area contributed by atoms with E-state index in [9.17, 15) is 0 Å². The first kappa shape index (κ1) is 17.1. The van der Waals surface area contributed by atoms with Crippen LogP contribution in [0, 0.1) is 0 Å². The Balaban J connectivity index is 1.77. The van der Waals surface area contributed by atoms with Gasteiger partial charge in [0, 0.05) is 0 Å². The van der Waals surface area contributed by atoms with Crippen LogP contribution in [0.4, 0.5) is 0 Å². The number of unbranched alkanes of at least 4 members (excludes halogenated alkanes) is 10. The number of hydrogen-bond acceptors (Lipinski definition) is 1. The van der Waals surface area contributed by atoms with E-state index in [4.69, 9.17) is 4.74 Å². The van der Waals surface area contributed by atoms with Gasteiger partial charge in [-0.15, -0.1) is 0 Å². The molecule has 0 fully saturated rings. The fourth-order valence-corrected chi connectivity index (χ4v) is 2.47. The van der Waals surface area contributed by atoms with Gasteiger partial charge in [0.1, 0.15) is 5.75 Å². The lowest BCUT2D eigenvalue weighted by Gasteiger charge is -2.05. The lowest BCUT2D eigenvalue weighted by Crippen LogP contribution is -1.96. The lowest BCUT2D eigenvalue weighted by molar-refractivity contribution is 0.304. The molecule has 0 atom stereocenters. The highest BCUT2D eigenvalue weighted by Gasteiger charge is 1.94. The molecule has 0 bridgehead atoms. The van der Waals surface area contributed by atoms with Crippen molar-refractivity contribution in [2.75, 3.05) is 6.61 Å². The van der Waals surface area contributed by atoms with E-state index >= 15 is 0 Å². The van der Waals surface area contributed by atoms with Crippen LogP contribution in [-0.4, -0.2) is 6.61 Å². The largest absolute Gasteiger partial charge is 0.494 e. The molecule has 114 valence electrons. The average molecular weight is 276 g/mol. The van der Waals surface area contributed by atoms with Gasteiger partial charge in [-0.3, -0.25) is 0 Å². The molecule has 0 radical (unpaired) electrons. The summed E-state index contributed by atoms with van der Waals surface area (Å²) in [6.45, 7) is 3.14. The van der Waals surface area contributed by atoms with Crippen molar-refractivity contribution in [2.45, 2.75) is 77.6 Å². The number of ether oxygens (including phenoxy) is 1. The summed E-state index contributed by atoms with van der Waals surface area (Å²) in [6.07, 6.45) is 15.2. The topological polar surface area (TPSA) is 9.23 Å². The molecule has 0 aliphatic rings. The van der Waals surface area contributed by atoms with Gasteiger partial charge in [-0.25, -0.2) is 0 Å². The third-order valence-electron chi connectivity index (χ3n) is 3.76. The Morgan fingerprint density at radius 2 is 1.15 bits per heavy atom. The van der Waals surface area contributed by atoms with E-state index < -0.39 is 0 Å². The zero-order chi connectivity index (χ0) is 14.3. The van der Waals surface area contributed by atoms with Gasteiger partial charge in [0.05, 0.1) is 6.61 Å². The minimum absolute atomic E-state index is 0.862. The zero-order valence-corrected chi connectivity index (χ0v) is 13.3. The molecule has 1 heteroatoms. The number of rotatable bonds is 13. The highest BCUT2D eigenvalue weighted by molar-refractivity contribution is 5.20. The van der Waals surface area contributed by atoms with Crippen LogP contribution in [0.25, 0.3) is 0 Å². The van der Waals surface area contributed by atoms with Gasteiger partial charge in [-0.2, -0.15) is 0 Å². The maximum Gasteiger partial charge on any atom is 0.119 e. The van der Waals surface area contributed by atoms with Crippen molar-refractivity contribution in [2.24, 2.45) is 0 Å². The van der Waals surface area contributed by atoms with Gasteiger partial charge in [0.15, 0.2) is 0 Å². The molecule has 0 aliphatic heterocycles. The minimum atomic E-state index is 0.862. The summed E-state index contributed by atoms with van der Waals surface area (Å²) in [4.78, 5) is 0. The smallest absolute Gasteiger partial charge is 0.119 e. The average Bonchev–Trinajstić information content (AvgIpc) is 2.49.